The van der Waals surface area contributed by atoms with Crippen LogP contribution in [0.3, 0.4) is 0 Å². The quantitative estimate of drug-likeness (QED) is 0.409. The third-order valence-corrected chi connectivity index (χ3v) is 3.58. The van der Waals surface area contributed by atoms with E-state index in [4.69, 9.17) is 0 Å². The molecule has 0 aromatic heterocycles. The second-order valence-electron chi connectivity index (χ2n) is 5.44. The molecule has 0 fully saturated rings. The van der Waals surface area contributed by atoms with Crippen molar-refractivity contribution in [3.05, 3.63) is 47.6 Å². The minimum atomic E-state index is 0.841. The van der Waals surface area contributed by atoms with Gasteiger partial charge in [0.25, 0.3) is 0 Å². The van der Waals surface area contributed by atoms with Crippen LogP contribution in [0.2, 0.25) is 0 Å². The second kappa shape index (κ2) is 10.8. The fraction of sp³-hybridized carbons (Fsp3) is 0.579. The van der Waals surface area contributed by atoms with Crippen molar-refractivity contribution in [2.24, 2.45) is 5.92 Å². The Morgan fingerprint density at radius 3 is 2.11 bits per heavy atom. The van der Waals surface area contributed by atoms with Crippen LogP contribution in [0.5, 0.6) is 0 Å². The highest BCUT2D eigenvalue weighted by atomic mass is 14.2. The van der Waals surface area contributed by atoms with E-state index in [0.29, 0.717) is 0 Å². The van der Waals surface area contributed by atoms with Gasteiger partial charge in [-0.3, -0.25) is 0 Å². The maximum atomic E-state index is 3.75. The van der Waals surface area contributed by atoms with E-state index >= 15 is 0 Å². The van der Waals surface area contributed by atoms with Crippen LogP contribution in [-0.4, -0.2) is 0 Å². The van der Waals surface area contributed by atoms with Crippen LogP contribution in [0.4, 0.5) is 0 Å². The Hall–Kier alpha value is -1.04. The molecule has 0 unspecified atom stereocenters. The third-order valence-electron chi connectivity index (χ3n) is 3.58. The lowest BCUT2D eigenvalue weighted by atomic mass is 9.88. The van der Waals surface area contributed by atoms with Gasteiger partial charge in [-0.25, -0.2) is 0 Å². The Bertz CT molecular complexity index is 333. The average Bonchev–Trinajstić information content (AvgIpc) is 2.36. The van der Waals surface area contributed by atoms with Gasteiger partial charge < -0.3 is 0 Å². The highest BCUT2D eigenvalue weighted by molar-refractivity contribution is 5.36. The number of hydrogen-bond donors (Lipinski definition) is 0. The molecule has 19 heavy (non-hydrogen) atoms. The molecule has 0 nitrogen and oxygen atoms in total. The van der Waals surface area contributed by atoms with E-state index in [1.54, 1.807) is 0 Å². The van der Waals surface area contributed by atoms with Gasteiger partial charge in [0.15, 0.2) is 0 Å². The van der Waals surface area contributed by atoms with E-state index < -0.39 is 0 Å². The van der Waals surface area contributed by atoms with Crippen LogP contribution in [0.1, 0.15) is 66.7 Å². The van der Waals surface area contributed by atoms with Gasteiger partial charge >= 0.3 is 0 Å². The smallest absolute Gasteiger partial charge is 0.0251 e. The lowest BCUT2D eigenvalue weighted by molar-refractivity contribution is 0.438. The number of allylic oxidation sites excluding steroid dienone is 7. The Labute approximate surface area is 121 Å². The zero-order valence-corrected chi connectivity index (χ0v) is 13.6. The summed E-state index contributed by atoms with van der Waals surface area (Å²) in [4.78, 5) is 0. The molecule has 0 bridgehead atoms. The van der Waals surface area contributed by atoms with Crippen LogP contribution in [0.25, 0.3) is 0 Å². The molecule has 0 aliphatic carbocycles. The van der Waals surface area contributed by atoms with E-state index in [9.17, 15) is 0 Å². The van der Waals surface area contributed by atoms with Crippen molar-refractivity contribution in [3.8, 4) is 0 Å². The van der Waals surface area contributed by atoms with Crippen molar-refractivity contribution in [2.75, 3.05) is 0 Å². The molecule has 0 amide bonds. The summed E-state index contributed by atoms with van der Waals surface area (Å²) in [7, 11) is 0. The summed E-state index contributed by atoms with van der Waals surface area (Å²) in [6, 6.07) is 0. The van der Waals surface area contributed by atoms with Gasteiger partial charge in [0.05, 0.1) is 0 Å². The SMILES string of the molecule is C=C/C=C(C)/C=C(C)\C(=C/C)CC(CCC)CCC. The number of hydrogen-bond acceptors (Lipinski definition) is 0. The fourth-order valence-electron chi connectivity index (χ4n) is 2.65. The molecular weight excluding hydrogens is 228 g/mol. The zero-order chi connectivity index (χ0) is 14.7. The molecule has 0 heteroatoms. The summed E-state index contributed by atoms with van der Waals surface area (Å²) in [6.45, 7) is 14.8. The summed E-state index contributed by atoms with van der Waals surface area (Å²) in [5.74, 6) is 0.841. The minimum absolute atomic E-state index is 0.841. The predicted octanol–water partition coefficient (Wildman–Crippen LogP) is 6.62. The molecule has 0 heterocycles. The van der Waals surface area contributed by atoms with E-state index in [-0.39, 0.29) is 0 Å². The zero-order valence-electron chi connectivity index (χ0n) is 13.6. The highest BCUT2D eigenvalue weighted by Crippen LogP contribution is 2.26. The van der Waals surface area contributed by atoms with Crippen LogP contribution < -0.4 is 0 Å². The summed E-state index contributed by atoms with van der Waals surface area (Å²) >= 11 is 0. The maximum Gasteiger partial charge on any atom is -0.0251 e. The monoisotopic (exact) mass is 260 g/mol. The molecule has 0 N–H and O–H groups in total. The maximum absolute atomic E-state index is 3.75. The van der Waals surface area contributed by atoms with Crippen LogP contribution >= 0.6 is 0 Å². The van der Waals surface area contributed by atoms with Crippen molar-refractivity contribution < 1.29 is 0 Å². The van der Waals surface area contributed by atoms with Crippen molar-refractivity contribution in [1.82, 2.24) is 0 Å². The molecule has 0 saturated carbocycles. The largest absolute Gasteiger partial charge is 0.0991 e. The normalized spacial score (nSPS) is 14.1. The Kier molecular flexibility index (Phi) is 10.2. The molecule has 0 radical (unpaired) electrons. The Balaban J connectivity index is 4.82. The fourth-order valence-corrected chi connectivity index (χ4v) is 2.65. The molecule has 0 atom stereocenters. The molecule has 0 aliphatic rings. The van der Waals surface area contributed by atoms with Crippen molar-refractivity contribution in [2.45, 2.75) is 66.7 Å². The lowest BCUT2D eigenvalue weighted by Gasteiger charge is -2.18. The summed E-state index contributed by atoms with van der Waals surface area (Å²) in [6.07, 6.45) is 15.0. The summed E-state index contributed by atoms with van der Waals surface area (Å²) in [5, 5.41) is 0. The Morgan fingerprint density at radius 1 is 1.11 bits per heavy atom. The lowest BCUT2D eigenvalue weighted by Crippen LogP contribution is -2.02. The molecule has 0 aromatic rings. The van der Waals surface area contributed by atoms with Crippen LogP contribution in [0.15, 0.2) is 47.6 Å². The van der Waals surface area contributed by atoms with Crippen LogP contribution in [0, 0.1) is 5.92 Å². The van der Waals surface area contributed by atoms with E-state index in [0.717, 1.165) is 5.92 Å². The van der Waals surface area contributed by atoms with E-state index in [2.05, 4.69) is 59.4 Å². The highest BCUT2D eigenvalue weighted by Gasteiger charge is 2.10. The standard InChI is InChI=1S/C19H32/c1-7-11-16(5)14-17(6)19(10-4)15-18(12-8-2)13-9-3/h7,10-11,14,18H,1,8-9,12-13,15H2,2-6H3/b16-11+,17-14-,19-10-. The first-order chi connectivity index (χ1) is 9.08. The molecule has 108 valence electrons. The van der Waals surface area contributed by atoms with Gasteiger partial charge in [0.1, 0.15) is 0 Å². The number of rotatable bonds is 9. The van der Waals surface area contributed by atoms with E-state index in [1.165, 1.54) is 48.8 Å². The summed E-state index contributed by atoms with van der Waals surface area (Å²) < 4.78 is 0. The molecule has 0 spiro atoms. The molecular formula is C19H32. The van der Waals surface area contributed by atoms with E-state index in [1.807, 2.05) is 6.08 Å². The molecule has 0 aliphatic heterocycles. The topological polar surface area (TPSA) is 0 Å². The second-order valence-corrected chi connectivity index (χ2v) is 5.44. The van der Waals surface area contributed by atoms with Gasteiger partial charge in [-0.2, -0.15) is 0 Å². The summed E-state index contributed by atoms with van der Waals surface area (Å²) in [5.41, 5.74) is 4.17. The minimum Gasteiger partial charge on any atom is -0.0991 e. The van der Waals surface area contributed by atoms with Crippen LogP contribution in [-0.2, 0) is 0 Å². The first-order valence-corrected chi connectivity index (χ1v) is 7.72. The first kappa shape index (κ1) is 18.0. The molecule has 0 saturated heterocycles. The predicted molar refractivity (Wildman–Crippen MR) is 89.4 cm³/mol. The molecule has 0 rings (SSSR count). The molecule has 0 aromatic carbocycles. The van der Waals surface area contributed by atoms with Gasteiger partial charge in [0.2, 0.25) is 0 Å². The van der Waals surface area contributed by atoms with Gasteiger partial charge in [0, 0.05) is 0 Å². The first-order valence-electron chi connectivity index (χ1n) is 7.72. The van der Waals surface area contributed by atoms with Crippen molar-refractivity contribution >= 4 is 0 Å². The van der Waals surface area contributed by atoms with Gasteiger partial charge in [-0.1, -0.05) is 76.0 Å². The van der Waals surface area contributed by atoms with Crippen molar-refractivity contribution in [3.63, 3.8) is 0 Å². The Morgan fingerprint density at radius 2 is 1.68 bits per heavy atom. The average molecular weight is 260 g/mol. The third kappa shape index (κ3) is 7.87. The van der Waals surface area contributed by atoms with Gasteiger partial charge in [-0.05, 0) is 44.3 Å². The van der Waals surface area contributed by atoms with Crippen molar-refractivity contribution in [1.29, 1.82) is 0 Å². The van der Waals surface area contributed by atoms with Gasteiger partial charge in [-0.15, -0.1) is 0 Å².